The van der Waals surface area contributed by atoms with Crippen molar-refractivity contribution in [2.24, 2.45) is 11.8 Å². The molecule has 1 aliphatic heterocycles. The van der Waals surface area contributed by atoms with E-state index in [0.29, 0.717) is 18.2 Å². The number of nitrogens with one attached hydrogen (secondary N) is 1. The average molecular weight is 367 g/mol. The number of ether oxygens (including phenoxy) is 1. The molecule has 1 unspecified atom stereocenters. The number of nitrogens with zero attached hydrogens (tertiary/aromatic N) is 1. The van der Waals surface area contributed by atoms with Crippen LogP contribution in [0.2, 0.25) is 0 Å². The van der Waals surface area contributed by atoms with Crippen LogP contribution in [-0.2, 0) is 4.79 Å². The fourth-order valence-electron chi connectivity index (χ4n) is 4.12. The molecular formula is C20H31ClN2O2. The Morgan fingerprint density at radius 2 is 1.96 bits per heavy atom. The lowest BCUT2D eigenvalue weighted by Gasteiger charge is -2.38. The lowest BCUT2D eigenvalue weighted by atomic mass is 9.81. The molecule has 1 saturated carbocycles. The first-order chi connectivity index (χ1) is 11.7. The molecule has 0 aromatic heterocycles. The van der Waals surface area contributed by atoms with E-state index in [4.69, 9.17) is 4.74 Å². The van der Waals surface area contributed by atoms with E-state index in [0.717, 1.165) is 36.9 Å². The van der Waals surface area contributed by atoms with Gasteiger partial charge in [0.1, 0.15) is 5.75 Å². The molecular weight excluding hydrogens is 336 g/mol. The lowest BCUT2D eigenvalue weighted by molar-refractivity contribution is -0.136. The maximum atomic E-state index is 13.0. The Morgan fingerprint density at radius 3 is 2.68 bits per heavy atom. The average Bonchev–Trinajstić information content (AvgIpc) is 2.63. The van der Waals surface area contributed by atoms with E-state index >= 15 is 0 Å². The number of carbonyl (C=O) groups excluding carboxylic acids is 1. The van der Waals surface area contributed by atoms with Gasteiger partial charge in [0.05, 0.1) is 13.2 Å². The van der Waals surface area contributed by atoms with Gasteiger partial charge in [0.15, 0.2) is 0 Å². The number of carbonyl (C=O) groups is 1. The summed E-state index contributed by atoms with van der Waals surface area (Å²) in [5.41, 5.74) is 1.11. The van der Waals surface area contributed by atoms with Crippen molar-refractivity contribution in [3.63, 3.8) is 0 Å². The van der Waals surface area contributed by atoms with Crippen LogP contribution in [0.5, 0.6) is 5.75 Å². The number of hydrogen-bond donors (Lipinski definition) is 1. The van der Waals surface area contributed by atoms with Gasteiger partial charge in [-0.2, -0.15) is 0 Å². The highest BCUT2D eigenvalue weighted by atomic mass is 35.5. The standard InChI is InChI=1S/C20H30N2O2.ClH/c1-15-7-9-16(10-8-15)13-20(23)22-12-11-21-14-18(22)17-5-3-4-6-19(17)24-2;/h3-6,15-16,18,21H,7-14H2,1-2H3;1H. The molecule has 1 N–H and O–H groups in total. The summed E-state index contributed by atoms with van der Waals surface area (Å²) in [5.74, 6) is 2.58. The van der Waals surface area contributed by atoms with Gasteiger partial charge in [-0.15, -0.1) is 12.4 Å². The van der Waals surface area contributed by atoms with E-state index in [1.54, 1.807) is 7.11 Å². The van der Waals surface area contributed by atoms with Crippen LogP contribution in [0.1, 0.15) is 50.6 Å². The molecule has 4 nitrogen and oxygen atoms in total. The van der Waals surface area contributed by atoms with E-state index in [9.17, 15) is 4.79 Å². The molecule has 2 aliphatic rings. The maximum Gasteiger partial charge on any atom is 0.223 e. The summed E-state index contributed by atoms with van der Waals surface area (Å²) < 4.78 is 5.52. The van der Waals surface area contributed by atoms with Crippen molar-refractivity contribution < 1.29 is 9.53 Å². The van der Waals surface area contributed by atoms with Crippen molar-refractivity contribution in [1.29, 1.82) is 0 Å². The minimum absolute atomic E-state index is 0. The number of methoxy groups -OCH3 is 1. The van der Waals surface area contributed by atoms with Gasteiger partial charge in [-0.3, -0.25) is 4.79 Å². The Bertz CT molecular complexity index is 558. The summed E-state index contributed by atoms with van der Waals surface area (Å²) in [7, 11) is 1.70. The van der Waals surface area contributed by atoms with Gasteiger partial charge in [0, 0.05) is 31.6 Å². The van der Waals surface area contributed by atoms with Crippen LogP contribution < -0.4 is 10.1 Å². The SMILES string of the molecule is COc1ccccc1C1CNCCN1C(=O)CC1CCC(C)CC1.Cl. The van der Waals surface area contributed by atoms with Crippen molar-refractivity contribution in [2.75, 3.05) is 26.7 Å². The molecule has 1 aromatic rings. The number of piperazine rings is 1. The van der Waals surface area contributed by atoms with Gasteiger partial charge in [-0.25, -0.2) is 0 Å². The topological polar surface area (TPSA) is 41.6 Å². The molecule has 1 atom stereocenters. The summed E-state index contributed by atoms with van der Waals surface area (Å²) in [6.45, 7) is 4.78. The Morgan fingerprint density at radius 1 is 1.24 bits per heavy atom. The number of para-hydroxylation sites is 1. The summed E-state index contributed by atoms with van der Waals surface area (Å²) in [4.78, 5) is 15.1. The second-order valence-corrected chi connectivity index (χ2v) is 7.38. The highest BCUT2D eigenvalue weighted by molar-refractivity contribution is 5.85. The normalized spacial score (nSPS) is 26.6. The Balaban J connectivity index is 0.00000225. The third kappa shape index (κ3) is 4.89. The molecule has 0 radical (unpaired) electrons. The van der Waals surface area contributed by atoms with Crippen molar-refractivity contribution >= 4 is 18.3 Å². The second-order valence-electron chi connectivity index (χ2n) is 7.38. The zero-order chi connectivity index (χ0) is 16.9. The van der Waals surface area contributed by atoms with Gasteiger partial charge in [0.25, 0.3) is 0 Å². The van der Waals surface area contributed by atoms with Crippen molar-refractivity contribution in [3.8, 4) is 5.75 Å². The maximum absolute atomic E-state index is 13.0. The van der Waals surface area contributed by atoms with E-state index in [2.05, 4.69) is 23.2 Å². The first-order valence-electron chi connectivity index (χ1n) is 9.32. The number of halogens is 1. The van der Waals surface area contributed by atoms with Gasteiger partial charge in [0.2, 0.25) is 5.91 Å². The Kier molecular flexibility index (Phi) is 7.57. The fraction of sp³-hybridized carbons (Fsp3) is 0.650. The molecule has 0 spiro atoms. The van der Waals surface area contributed by atoms with Crippen molar-refractivity contribution in [3.05, 3.63) is 29.8 Å². The minimum atomic E-state index is 0. The first-order valence-corrected chi connectivity index (χ1v) is 9.32. The third-order valence-electron chi connectivity index (χ3n) is 5.66. The minimum Gasteiger partial charge on any atom is -0.496 e. The van der Waals surface area contributed by atoms with Crippen LogP contribution in [0.15, 0.2) is 24.3 Å². The monoisotopic (exact) mass is 366 g/mol. The van der Waals surface area contributed by atoms with E-state index < -0.39 is 0 Å². The first kappa shape index (κ1) is 20.1. The Hall–Kier alpha value is -1.26. The smallest absolute Gasteiger partial charge is 0.223 e. The largest absolute Gasteiger partial charge is 0.496 e. The molecule has 1 amide bonds. The fourth-order valence-corrected chi connectivity index (χ4v) is 4.12. The Labute approximate surface area is 157 Å². The molecule has 140 valence electrons. The molecule has 1 aliphatic carbocycles. The lowest BCUT2D eigenvalue weighted by Crippen LogP contribution is -2.49. The van der Waals surface area contributed by atoms with Crippen LogP contribution in [0.3, 0.4) is 0 Å². The number of benzene rings is 1. The molecule has 0 bridgehead atoms. The molecule has 2 fully saturated rings. The highest BCUT2D eigenvalue weighted by Gasteiger charge is 2.31. The third-order valence-corrected chi connectivity index (χ3v) is 5.66. The van der Waals surface area contributed by atoms with E-state index in [-0.39, 0.29) is 18.4 Å². The molecule has 5 heteroatoms. The van der Waals surface area contributed by atoms with Crippen LogP contribution >= 0.6 is 12.4 Å². The molecule has 1 aromatic carbocycles. The van der Waals surface area contributed by atoms with Crippen LogP contribution in [0, 0.1) is 11.8 Å². The van der Waals surface area contributed by atoms with Gasteiger partial charge in [-0.1, -0.05) is 38.0 Å². The number of amides is 1. The summed E-state index contributed by atoms with van der Waals surface area (Å²) >= 11 is 0. The zero-order valence-electron chi connectivity index (χ0n) is 15.4. The molecule has 1 heterocycles. The summed E-state index contributed by atoms with van der Waals surface area (Å²) in [5, 5.41) is 3.43. The molecule has 3 rings (SSSR count). The highest BCUT2D eigenvalue weighted by Crippen LogP contribution is 2.34. The predicted octanol–water partition coefficient (Wildman–Crippen LogP) is 3.81. The predicted molar refractivity (Wildman–Crippen MR) is 103 cm³/mol. The quantitative estimate of drug-likeness (QED) is 0.881. The van der Waals surface area contributed by atoms with Gasteiger partial charge >= 0.3 is 0 Å². The number of rotatable bonds is 4. The number of hydrogen-bond acceptors (Lipinski definition) is 3. The second kappa shape index (κ2) is 9.44. The summed E-state index contributed by atoms with van der Waals surface area (Å²) in [6.07, 6.45) is 5.67. The van der Waals surface area contributed by atoms with Crippen LogP contribution in [0.4, 0.5) is 0 Å². The van der Waals surface area contributed by atoms with Crippen LogP contribution in [-0.4, -0.2) is 37.6 Å². The zero-order valence-corrected chi connectivity index (χ0v) is 16.2. The van der Waals surface area contributed by atoms with Crippen molar-refractivity contribution in [2.45, 2.75) is 45.1 Å². The summed E-state index contributed by atoms with van der Waals surface area (Å²) in [6, 6.07) is 8.14. The van der Waals surface area contributed by atoms with E-state index in [1.165, 1.54) is 25.7 Å². The molecule has 25 heavy (non-hydrogen) atoms. The van der Waals surface area contributed by atoms with Crippen LogP contribution in [0.25, 0.3) is 0 Å². The van der Waals surface area contributed by atoms with E-state index in [1.807, 2.05) is 18.2 Å². The van der Waals surface area contributed by atoms with Crippen molar-refractivity contribution in [1.82, 2.24) is 10.2 Å². The van der Waals surface area contributed by atoms with Gasteiger partial charge < -0.3 is 15.0 Å². The molecule has 1 saturated heterocycles. The van der Waals surface area contributed by atoms with Gasteiger partial charge in [-0.05, 0) is 30.7 Å².